The maximum atomic E-state index is 13.2. The monoisotopic (exact) mass is 294 g/mol. The Morgan fingerprint density at radius 3 is 2.95 bits per heavy atom. The molecule has 0 aromatic heterocycles. The minimum absolute atomic E-state index is 0.274. The van der Waals surface area contributed by atoms with Crippen molar-refractivity contribution in [3.05, 3.63) is 45.6 Å². The lowest BCUT2D eigenvalue weighted by atomic mass is 10.0. The third-order valence-corrected chi connectivity index (χ3v) is 2.91. The molecule has 1 rings (SSSR count). The molecule has 0 saturated carbocycles. The zero-order valence-electron chi connectivity index (χ0n) is 12.2. The molecular weight excluding hydrogens is 275 g/mol. The number of carbonyl (C=O) groups excluding carboxylic acids is 1. The number of aryl methyl sites for hydroxylation is 1. The van der Waals surface area contributed by atoms with E-state index < -0.39 is 12.0 Å². The summed E-state index contributed by atoms with van der Waals surface area (Å²) in [4.78, 5) is 14.7. The first-order valence-corrected chi connectivity index (χ1v) is 6.77. The highest BCUT2D eigenvalue weighted by atomic mass is 19.1. The van der Waals surface area contributed by atoms with Crippen molar-refractivity contribution in [1.29, 1.82) is 0 Å². The highest BCUT2D eigenvalue weighted by molar-refractivity contribution is 5.78. The van der Waals surface area contributed by atoms with E-state index in [4.69, 9.17) is 10.3 Å². The van der Waals surface area contributed by atoms with Gasteiger partial charge in [-0.25, -0.2) is 9.18 Å². The van der Waals surface area contributed by atoms with Gasteiger partial charge in [0.15, 0.2) is 0 Å². The number of hydrogen-bond acceptors (Lipinski definition) is 4. The van der Waals surface area contributed by atoms with Crippen molar-refractivity contribution in [2.45, 2.75) is 26.3 Å². The van der Waals surface area contributed by atoms with Crippen LogP contribution in [0.4, 0.5) is 4.39 Å². The molecule has 0 aliphatic heterocycles. The number of esters is 1. The van der Waals surface area contributed by atoms with Crippen LogP contribution < -0.4 is 5.32 Å². The second-order valence-corrected chi connectivity index (χ2v) is 4.45. The summed E-state index contributed by atoms with van der Waals surface area (Å²) in [6.45, 7) is 4.58. The molecule has 0 spiro atoms. The molecule has 0 bridgehead atoms. The molecule has 0 radical (unpaired) electrons. The number of halogens is 1. The van der Waals surface area contributed by atoms with E-state index in [2.05, 4.69) is 15.3 Å². The van der Waals surface area contributed by atoms with Crippen LogP contribution in [0.25, 0.3) is 10.4 Å². The van der Waals surface area contributed by atoms with Crippen molar-refractivity contribution in [1.82, 2.24) is 5.32 Å². The molecule has 1 aromatic rings. The molecular formula is C14H19FN4O2. The molecule has 0 saturated heterocycles. The summed E-state index contributed by atoms with van der Waals surface area (Å²) in [5, 5.41) is 6.49. The van der Waals surface area contributed by atoms with E-state index in [0.29, 0.717) is 30.6 Å². The first kappa shape index (κ1) is 16.9. The van der Waals surface area contributed by atoms with Gasteiger partial charge in [0.25, 0.3) is 0 Å². The zero-order valence-corrected chi connectivity index (χ0v) is 12.2. The van der Waals surface area contributed by atoms with Gasteiger partial charge in [0, 0.05) is 11.5 Å². The Morgan fingerprint density at radius 1 is 1.57 bits per heavy atom. The molecule has 7 heteroatoms. The van der Waals surface area contributed by atoms with Crippen LogP contribution in [-0.2, 0) is 9.53 Å². The first-order chi connectivity index (χ1) is 10.1. The Balaban J connectivity index is 2.81. The highest BCUT2D eigenvalue weighted by Crippen LogP contribution is 2.20. The Bertz CT molecular complexity index is 530. The van der Waals surface area contributed by atoms with Crippen molar-refractivity contribution < 1.29 is 13.9 Å². The van der Waals surface area contributed by atoms with Gasteiger partial charge in [-0.3, -0.25) is 0 Å². The van der Waals surface area contributed by atoms with Crippen LogP contribution in [0.1, 0.15) is 30.5 Å². The second-order valence-electron chi connectivity index (χ2n) is 4.45. The number of rotatable bonds is 8. The van der Waals surface area contributed by atoms with Crippen LogP contribution in [0.5, 0.6) is 0 Å². The molecule has 1 atom stereocenters. The molecule has 21 heavy (non-hydrogen) atoms. The minimum atomic E-state index is -0.656. The lowest BCUT2D eigenvalue weighted by Gasteiger charge is -2.19. The highest BCUT2D eigenvalue weighted by Gasteiger charge is 2.22. The second kappa shape index (κ2) is 8.94. The SMILES string of the molecule is CCOC(=O)C(NCCCN=[N+]=[N-])c1ccc(F)cc1C. The number of hydrogen-bond donors (Lipinski definition) is 1. The van der Waals surface area contributed by atoms with E-state index >= 15 is 0 Å². The summed E-state index contributed by atoms with van der Waals surface area (Å²) in [5.74, 6) is -0.752. The summed E-state index contributed by atoms with van der Waals surface area (Å²) in [7, 11) is 0. The van der Waals surface area contributed by atoms with Gasteiger partial charge in [-0.15, -0.1) is 0 Å². The lowest BCUT2D eigenvalue weighted by Crippen LogP contribution is -2.31. The Hall–Kier alpha value is -2.11. The fourth-order valence-electron chi connectivity index (χ4n) is 1.95. The van der Waals surface area contributed by atoms with Crippen molar-refractivity contribution in [3.8, 4) is 0 Å². The van der Waals surface area contributed by atoms with E-state index in [1.54, 1.807) is 19.9 Å². The fourth-order valence-corrected chi connectivity index (χ4v) is 1.95. The summed E-state index contributed by atoms with van der Waals surface area (Å²) in [6.07, 6.45) is 0.597. The molecule has 1 N–H and O–H groups in total. The number of benzene rings is 1. The smallest absolute Gasteiger partial charge is 0.327 e. The Kier molecular flexibility index (Phi) is 7.21. The van der Waals surface area contributed by atoms with E-state index in [-0.39, 0.29) is 12.4 Å². The van der Waals surface area contributed by atoms with Gasteiger partial charge in [0.05, 0.1) is 6.61 Å². The van der Waals surface area contributed by atoms with Gasteiger partial charge in [-0.1, -0.05) is 11.2 Å². The van der Waals surface area contributed by atoms with Crippen molar-refractivity contribution in [2.75, 3.05) is 19.7 Å². The number of azide groups is 1. The molecule has 1 aromatic carbocycles. The first-order valence-electron chi connectivity index (χ1n) is 6.77. The van der Waals surface area contributed by atoms with Gasteiger partial charge in [-0.2, -0.15) is 0 Å². The number of nitrogens with one attached hydrogen (secondary N) is 1. The number of nitrogens with zero attached hydrogens (tertiary/aromatic N) is 3. The molecule has 0 heterocycles. The van der Waals surface area contributed by atoms with Gasteiger partial charge in [0.2, 0.25) is 0 Å². The van der Waals surface area contributed by atoms with Crippen molar-refractivity contribution in [2.24, 2.45) is 5.11 Å². The molecule has 0 aliphatic carbocycles. The van der Waals surface area contributed by atoms with Crippen LogP contribution in [0.2, 0.25) is 0 Å². The Labute approximate surface area is 122 Å². The van der Waals surface area contributed by atoms with Gasteiger partial charge in [0.1, 0.15) is 11.9 Å². The van der Waals surface area contributed by atoms with E-state index in [1.807, 2.05) is 0 Å². The standard InChI is InChI=1S/C14H19FN4O2/c1-3-21-14(20)13(17-7-4-8-18-19-16)12-6-5-11(15)9-10(12)2/h5-6,9,13,17H,3-4,7-8H2,1-2H3. The maximum Gasteiger partial charge on any atom is 0.327 e. The summed E-state index contributed by atoms with van der Waals surface area (Å²) < 4.78 is 18.2. The molecule has 0 fully saturated rings. The van der Waals surface area contributed by atoms with Gasteiger partial charge < -0.3 is 10.1 Å². The van der Waals surface area contributed by atoms with Crippen LogP contribution in [0.3, 0.4) is 0 Å². The average molecular weight is 294 g/mol. The van der Waals surface area contributed by atoms with Crippen LogP contribution in [-0.4, -0.2) is 25.7 Å². The normalized spacial score (nSPS) is 11.6. The maximum absolute atomic E-state index is 13.2. The average Bonchev–Trinajstić information content (AvgIpc) is 2.44. The largest absolute Gasteiger partial charge is 0.465 e. The predicted octanol–water partition coefficient (Wildman–Crippen LogP) is 3.03. The summed E-state index contributed by atoms with van der Waals surface area (Å²) >= 11 is 0. The Morgan fingerprint density at radius 2 is 2.33 bits per heavy atom. The van der Waals surface area contributed by atoms with Gasteiger partial charge in [-0.05, 0) is 55.6 Å². The van der Waals surface area contributed by atoms with Crippen molar-refractivity contribution >= 4 is 5.97 Å². The minimum Gasteiger partial charge on any atom is -0.465 e. The zero-order chi connectivity index (χ0) is 15.7. The summed E-state index contributed by atoms with van der Waals surface area (Å²) in [5.41, 5.74) is 9.56. The quantitative estimate of drug-likeness (QED) is 0.263. The van der Waals surface area contributed by atoms with E-state index in [0.717, 1.165) is 0 Å². The van der Waals surface area contributed by atoms with E-state index in [1.165, 1.54) is 12.1 Å². The summed E-state index contributed by atoms with van der Waals surface area (Å²) in [6, 6.07) is 3.61. The number of ether oxygens (including phenoxy) is 1. The third-order valence-electron chi connectivity index (χ3n) is 2.91. The molecule has 6 nitrogen and oxygen atoms in total. The van der Waals surface area contributed by atoms with E-state index in [9.17, 15) is 9.18 Å². The van der Waals surface area contributed by atoms with Crippen LogP contribution >= 0.6 is 0 Å². The molecule has 1 unspecified atom stereocenters. The fraction of sp³-hybridized carbons (Fsp3) is 0.500. The molecule has 0 amide bonds. The topological polar surface area (TPSA) is 87.1 Å². The lowest BCUT2D eigenvalue weighted by molar-refractivity contribution is -0.145. The third kappa shape index (κ3) is 5.41. The number of carbonyl (C=O) groups is 1. The molecule has 114 valence electrons. The van der Waals surface area contributed by atoms with Crippen molar-refractivity contribution in [3.63, 3.8) is 0 Å². The van der Waals surface area contributed by atoms with Crippen LogP contribution in [0.15, 0.2) is 23.3 Å². The van der Waals surface area contributed by atoms with Crippen LogP contribution in [0, 0.1) is 12.7 Å². The molecule has 0 aliphatic rings. The predicted molar refractivity (Wildman–Crippen MR) is 77.1 cm³/mol. The van der Waals surface area contributed by atoms with Gasteiger partial charge >= 0.3 is 5.97 Å².